The SMILES string of the molecule is COc1ccc(C2CN(C(=O)O)CC2(C)C(C)O)cc1OCCOc1ccc(F)cc1. The fraction of sp³-hybridized carbons (Fsp3) is 0.435. The molecule has 0 spiro atoms. The number of carboxylic acid groups (broad SMARTS) is 1. The van der Waals surface area contributed by atoms with E-state index in [1.165, 1.54) is 17.0 Å². The number of hydrogen-bond acceptors (Lipinski definition) is 5. The highest BCUT2D eigenvalue weighted by Gasteiger charge is 2.48. The Hall–Kier alpha value is -3.00. The Kier molecular flexibility index (Phi) is 6.90. The van der Waals surface area contributed by atoms with Crippen LogP contribution in [0.4, 0.5) is 9.18 Å². The van der Waals surface area contributed by atoms with Gasteiger partial charge in [-0.3, -0.25) is 0 Å². The van der Waals surface area contributed by atoms with Crippen molar-refractivity contribution in [2.45, 2.75) is 25.9 Å². The van der Waals surface area contributed by atoms with Crippen LogP contribution in [0.25, 0.3) is 0 Å². The first-order valence-electron chi connectivity index (χ1n) is 10.1. The second-order valence-corrected chi connectivity index (χ2v) is 7.96. The van der Waals surface area contributed by atoms with E-state index < -0.39 is 17.6 Å². The zero-order valence-electron chi connectivity index (χ0n) is 17.9. The summed E-state index contributed by atoms with van der Waals surface area (Å²) in [4.78, 5) is 12.9. The van der Waals surface area contributed by atoms with Gasteiger partial charge in [0.2, 0.25) is 0 Å². The summed E-state index contributed by atoms with van der Waals surface area (Å²) in [7, 11) is 1.54. The Labute approximate surface area is 181 Å². The van der Waals surface area contributed by atoms with Gasteiger partial charge in [-0.2, -0.15) is 0 Å². The molecule has 1 aliphatic rings. The minimum Gasteiger partial charge on any atom is -0.493 e. The number of aliphatic hydroxyl groups excluding tert-OH is 1. The monoisotopic (exact) mass is 433 g/mol. The van der Waals surface area contributed by atoms with Crippen molar-refractivity contribution in [3.8, 4) is 17.2 Å². The van der Waals surface area contributed by atoms with Gasteiger partial charge in [-0.25, -0.2) is 9.18 Å². The molecule has 0 radical (unpaired) electrons. The maximum absolute atomic E-state index is 13.0. The molecule has 1 amide bonds. The van der Waals surface area contributed by atoms with Gasteiger partial charge in [0.1, 0.15) is 24.8 Å². The molecule has 168 valence electrons. The van der Waals surface area contributed by atoms with Gasteiger partial charge >= 0.3 is 6.09 Å². The van der Waals surface area contributed by atoms with Crippen molar-refractivity contribution >= 4 is 6.09 Å². The Morgan fingerprint density at radius 2 is 1.87 bits per heavy atom. The first-order valence-corrected chi connectivity index (χ1v) is 10.1. The number of ether oxygens (including phenoxy) is 3. The van der Waals surface area contributed by atoms with Crippen molar-refractivity contribution in [3.63, 3.8) is 0 Å². The number of methoxy groups -OCH3 is 1. The average molecular weight is 433 g/mol. The van der Waals surface area contributed by atoms with Crippen LogP contribution in [0.5, 0.6) is 17.2 Å². The highest BCUT2D eigenvalue weighted by atomic mass is 19.1. The molecule has 8 heteroatoms. The van der Waals surface area contributed by atoms with E-state index in [-0.39, 0.29) is 38.0 Å². The van der Waals surface area contributed by atoms with Crippen LogP contribution in [0.3, 0.4) is 0 Å². The van der Waals surface area contributed by atoms with Gasteiger partial charge in [0.25, 0.3) is 0 Å². The minimum absolute atomic E-state index is 0.202. The maximum atomic E-state index is 13.0. The van der Waals surface area contributed by atoms with Gasteiger partial charge in [0.15, 0.2) is 11.5 Å². The van der Waals surface area contributed by atoms with Crippen LogP contribution < -0.4 is 14.2 Å². The first-order chi connectivity index (χ1) is 14.7. The van der Waals surface area contributed by atoms with Gasteiger partial charge in [0.05, 0.1) is 13.2 Å². The zero-order valence-corrected chi connectivity index (χ0v) is 17.9. The van der Waals surface area contributed by atoms with Crippen LogP contribution in [0.2, 0.25) is 0 Å². The number of nitrogens with zero attached hydrogens (tertiary/aromatic N) is 1. The number of hydrogen-bond donors (Lipinski definition) is 2. The van der Waals surface area contributed by atoms with Crippen molar-refractivity contribution in [2.75, 3.05) is 33.4 Å². The topological polar surface area (TPSA) is 88.5 Å². The van der Waals surface area contributed by atoms with Crippen LogP contribution in [0, 0.1) is 11.2 Å². The third-order valence-corrected chi connectivity index (χ3v) is 5.97. The predicted octanol–water partition coefficient (Wildman–Crippen LogP) is 3.76. The molecule has 1 heterocycles. The molecular weight excluding hydrogens is 405 g/mol. The van der Waals surface area contributed by atoms with Crippen LogP contribution in [-0.4, -0.2) is 60.7 Å². The summed E-state index contributed by atoms with van der Waals surface area (Å²) < 4.78 is 29.8. The maximum Gasteiger partial charge on any atom is 0.407 e. The molecule has 0 aromatic heterocycles. The van der Waals surface area contributed by atoms with E-state index in [2.05, 4.69) is 0 Å². The molecule has 0 saturated carbocycles. The van der Waals surface area contributed by atoms with Crippen molar-refractivity contribution in [1.82, 2.24) is 4.90 Å². The third-order valence-electron chi connectivity index (χ3n) is 5.97. The van der Waals surface area contributed by atoms with E-state index in [1.54, 1.807) is 32.2 Å². The molecule has 1 saturated heterocycles. The van der Waals surface area contributed by atoms with E-state index in [9.17, 15) is 19.4 Å². The van der Waals surface area contributed by atoms with Gasteiger partial charge in [-0.05, 0) is 48.9 Å². The number of aliphatic hydroxyl groups is 1. The Morgan fingerprint density at radius 3 is 2.48 bits per heavy atom. The smallest absolute Gasteiger partial charge is 0.407 e. The summed E-state index contributed by atoms with van der Waals surface area (Å²) in [6.07, 6.45) is -1.70. The van der Waals surface area contributed by atoms with E-state index >= 15 is 0 Å². The number of rotatable bonds is 8. The average Bonchev–Trinajstić information content (AvgIpc) is 3.12. The molecule has 0 bridgehead atoms. The van der Waals surface area contributed by atoms with Crippen LogP contribution in [0.1, 0.15) is 25.3 Å². The van der Waals surface area contributed by atoms with Crippen LogP contribution in [-0.2, 0) is 0 Å². The van der Waals surface area contributed by atoms with Gasteiger partial charge in [-0.1, -0.05) is 13.0 Å². The summed E-state index contributed by atoms with van der Waals surface area (Å²) in [5.41, 5.74) is 0.234. The van der Waals surface area contributed by atoms with Crippen molar-refractivity contribution < 1.29 is 33.6 Å². The molecule has 2 N–H and O–H groups in total. The Bertz CT molecular complexity index is 903. The van der Waals surface area contributed by atoms with Crippen LogP contribution >= 0.6 is 0 Å². The number of amides is 1. The Balaban J connectivity index is 1.73. The van der Waals surface area contributed by atoms with Gasteiger partial charge in [0, 0.05) is 24.4 Å². The highest BCUT2D eigenvalue weighted by Crippen LogP contribution is 2.46. The van der Waals surface area contributed by atoms with Crippen molar-refractivity contribution in [2.24, 2.45) is 5.41 Å². The normalized spacial score (nSPS) is 21.6. The molecular formula is C23H28FNO6. The lowest BCUT2D eigenvalue weighted by atomic mass is 9.72. The van der Waals surface area contributed by atoms with E-state index in [4.69, 9.17) is 14.2 Å². The second-order valence-electron chi connectivity index (χ2n) is 7.96. The van der Waals surface area contributed by atoms with Crippen LogP contribution in [0.15, 0.2) is 42.5 Å². The Morgan fingerprint density at radius 1 is 1.19 bits per heavy atom. The summed E-state index contributed by atoms with van der Waals surface area (Å²) in [5.74, 6) is 1.05. The van der Waals surface area contributed by atoms with E-state index in [1.807, 2.05) is 19.1 Å². The molecule has 3 unspecified atom stereocenters. The molecule has 1 fully saturated rings. The second kappa shape index (κ2) is 9.43. The summed E-state index contributed by atoms with van der Waals surface area (Å²) in [5, 5.41) is 19.8. The van der Waals surface area contributed by atoms with E-state index in [0.717, 1.165) is 5.56 Å². The molecule has 3 rings (SSSR count). The summed E-state index contributed by atoms with van der Waals surface area (Å²) in [6.45, 7) is 4.60. The van der Waals surface area contributed by atoms with Crippen molar-refractivity contribution in [1.29, 1.82) is 0 Å². The number of halogens is 1. The third kappa shape index (κ3) is 5.02. The van der Waals surface area contributed by atoms with Crippen molar-refractivity contribution in [3.05, 3.63) is 53.8 Å². The largest absolute Gasteiger partial charge is 0.493 e. The fourth-order valence-corrected chi connectivity index (χ4v) is 3.93. The minimum atomic E-state index is -1.00. The predicted molar refractivity (Wildman–Crippen MR) is 113 cm³/mol. The fourth-order valence-electron chi connectivity index (χ4n) is 3.93. The number of carbonyl (C=O) groups is 1. The quantitative estimate of drug-likeness (QED) is 0.617. The lowest BCUT2D eigenvalue weighted by Crippen LogP contribution is -2.37. The number of likely N-dealkylation sites (tertiary alicyclic amines) is 1. The highest BCUT2D eigenvalue weighted by molar-refractivity contribution is 5.66. The molecule has 31 heavy (non-hydrogen) atoms. The lowest BCUT2D eigenvalue weighted by molar-refractivity contribution is 0.0481. The first kappa shape index (κ1) is 22.7. The standard InChI is InChI=1S/C23H28FNO6/c1-15(26)23(2)14-25(22(27)28)13-19(23)16-4-9-20(29-3)21(12-16)31-11-10-30-18-7-5-17(24)6-8-18/h4-9,12,15,19,26H,10-11,13-14H2,1-3H3,(H,27,28). The number of benzene rings is 2. The zero-order chi connectivity index (χ0) is 22.6. The molecule has 1 aliphatic heterocycles. The van der Waals surface area contributed by atoms with Gasteiger partial charge < -0.3 is 29.3 Å². The molecule has 2 aromatic carbocycles. The molecule has 7 nitrogen and oxygen atoms in total. The van der Waals surface area contributed by atoms with E-state index in [0.29, 0.717) is 17.2 Å². The summed E-state index contributed by atoms with van der Waals surface area (Å²) in [6, 6.07) is 11.2. The molecule has 2 aromatic rings. The van der Waals surface area contributed by atoms with Gasteiger partial charge in [-0.15, -0.1) is 0 Å². The molecule has 0 aliphatic carbocycles. The molecule has 3 atom stereocenters. The summed E-state index contributed by atoms with van der Waals surface area (Å²) >= 11 is 0. The lowest BCUT2D eigenvalue weighted by Gasteiger charge is -2.33.